The second kappa shape index (κ2) is 11.4. The number of amides is 3. The number of rotatable bonds is 5. The van der Waals surface area contributed by atoms with Crippen LogP contribution in [0.5, 0.6) is 11.5 Å². The summed E-state index contributed by atoms with van der Waals surface area (Å²) in [6.45, 7) is 0.100. The van der Waals surface area contributed by atoms with Gasteiger partial charge in [0.05, 0.1) is 12.1 Å². The minimum absolute atomic E-state index is 0.0319. The molecule has 3 amide bonds. The second-order valence-electron chi connectivity index (χ2n) is 7.67. The zero-order valence-electron chi connectivity index (χ0n) is 18.0. The third kappa shape index (κ3) is 6.85. The van der Waals surface area contributed by atoms with Crippen LogP contribution in [-0.2, 0) is 20.8 Å². The number of hydrogen-bond acceptors (Lipinski definition) is 6. The number of carboxylic acids is 1. The average Bonchev–Trinajstić information content (AvgIpc) is 2.80. The Bertz CT molecular complexity index is 1070. The highest BCUT2D eigenvalue weighted by Crippen LogP contribution is 2.23. The Balaban J connectivity index is 1.93. The van der Waals surface area contributed by atoms with Crippen molar-refractivity contribution in [1.82, 2.24) is 16.0 Å². The number of phenols is 1. The Hall–Kier alpha value is -3.79. The van der Waals surface area contributed by atoms with E-state index in [1.165, 1.54) is 24.3 Å². The van der Waals surface area contributed by atoms with Crippen LogP contribution in [0.2, 0.25) is 5.02 Å². The van der Waals surface area contributed by atoms with Gasteiger partial charge >= 0.3 is 5.97 Å². The largest absolute Gasteiger partial charge is 0.508 e. The molecule has 0 unspecified atom stereocenters. The minimum atomic E-state index is -1.12. The summed E-state index contributed by atoms with van der Waals surface area (Å²) in [4.78, 5) is 49.9. The van der Waals surface area contributed by atoms with E-state index in [-0.39, 0.29) is 49.5 Å². The predicted octanol–water partition coefficient (Wildman–Crippen LogP) is 1.24. The molecule has 5 N–H and O–H groups in total. The Morgan fingerprint density at radius 3 is 2.47 bits per heavy atom. The first-order valence-electron chi connectivity index (χ1n) is 10.5. The highest BCUT2D eigenvalue weighted by atomic mass is 35.5. The molecular weight excluding hydrogens is 466 g/mol. The molecule has 1 heterocycles. The van der Waals surface area contributed by atoms with Gasteiger partial charge in [-0.25, -0.2) is 0 Å². The van der Waals surface area contributed by atoms with Crippen LogP contribution in [-0.4, -0.2) is 59.1 Å². The summed E-state index contributed by atoms with van der Waals surface area (Å²) >= 11 is 6.06. The smallest absolute Gasteiger partial charge is 0.303 e. The van der Waals surface area contributed by atoms with E-state index in [9.17, 15) is 24.3 Å². The maximum Gasteiger partial charge on any atom is 0.303 e. The summed E-state index contributed by atoms with van der Waals surface area (Å²) in [5, 5.41) is 26.7. The van der Waals surface area contributed by atoms with E-state index in [4.69, 9.17) is 21.4 Å². The molecule has 2 aromatic rings. The zero-order chi connectivity index (χ0) is 24.7. The van der Waals surface area contributed by atoms with Gasteiger partial charge in [-0.05, 0) is 42.3 Å². The predicted molar refractivity (Wildman–Crippen MR) is 122 cm³/mol. The maximum absolute atomic E-state index is 13.2. The van der Waals surface area contributed by atoms with E-state index in [0.717, 1.165) is 0 Å². The zero-order valence-corrected chi connectivity index (χ0v) is 18.8. The fourth-order valence-electron chi connectivity index (χ4n) is 3.39. The fourth-order valence-corrected chi connectivity index (χ4v) is 3.56. The average molecular weight is 490 g/mol. The molecule has 10 nitrogen and oxygen atoms in total. The van der Waals surface area contributed by atoms with Crippen LogP contribution in [0.25, 0.3) is 0 Å². The first-order valence-corrected chi connectivity index (χ1v) is 10.9. The van der Waals surface area contributed by atoms with Crippen molar-refractivity contribution in [1.29, 1.82) is 0 Å². The van der Waals surface area contributed by atoms with Crippen LogP contribution >= 0.6 is 11.6 Å². The van der Waals surface area contributed by atoms with Gasteiger partial charge in [-0.3, -0.25) is 19.2 Å². The van der Waals surface area contributed by atoms with E-state index in [2.05, 4.69) is 16.0 Å². The molecule has 0 spiro atoms. The Labute approximate surface area is 200 Å². The standard InChI is InChI=1S/C23H24ClN3O7/c24-14-3-7-19-16(12-14)21(31)27-18(11-13-1-4-15(28)5-2-13)23(33)26-17(6-8-20(29)30)22(32)25-9-10-34-19/h1-5,7,12,17-18,28H,6,8-11H2,(H,25,32)(H,26,33)(H,27,31)(H,29,30)/t17-,18-/m0/s1. The fraction of sp³-hybridized carbons (Fsp3) is 0.304. The van der Waals surface area contributed by atoms with Crippen LogP contribution in [0.4, 0.5) is 0 Å². The molecule has 180 valence electrons. The number of carbonyl (C=O) groups is 4. The first-order chi connectivity index (χ1) is 16.2. The lowest BCUT2D eigenvalue weighted by atomic mass is 10.0. The van der Waals surface area contributed by atoms with E-state index >= 15 is 0 Å². The van der Waals surface area contributed by atoms with Crippen LogP contribution in [0, 0.1) is 0 Å². The van der Waals surface area contributed by atoms with Crippen molar-refractivity contribution in [3.8, 4) is 11.5 Å². The number of ether oxygens (including phenoxy) is 1. The van der Waals surface area contributed by atoms with E-state index in [1.54, 1.807) is 18.2 Å². The normalized spacial score (nSPS) is 19.1. The van der Waals surface area contributed by atoms with Gasteiger partial charge in [-0.15, -0.1) is 0 Å². The maximum atomic E-state index is 13.2. The molecule has 1 aliphatic heterocycles. The van der Waals surface area contributed by atoms with Crippen molar-refractivity contribution in [2.75, 3.05) is 13.2 Å². The number of halogens is 1. The molecular formula is C23H24ClN3O7. The van der Waals surface area contributed by atoms with Crippen LogP contribution < -0.4 is 20.7 Å². The topological polar surface area (TPSA) is 154 Å². The molecule has 0 radical (unpaired) electrons. The molecule has 1 aliphatic rings. The van der Waals surface area contributed by atoms with Crippen LogP contribution in [0.3, 0.4) is 0 Å². The molecule has 0 fully saturated rings. The number of aromatic hydroxyl groups is 1. The first kappa shape index (κ1) is 24.8. The summed E-state index contributed by atoms with van der Waals surface area (Å²) in [6, 6.07) is 8.31. The molecule has 34 heavy (non-hydrogen) atoms. The van der Waals surface area contributed by atoms with Crippen molar-refractivity contribution in [2.24, 2.45) is 0 Å². The third-order valence-electron chi connectivity index (χ3n) is 5.12. The minimum Gasteiger partial charge on any atom is -0.508 e. The van der Waals surface area contributed by atoms with Gasteiger partial charge in [0.2, 0.25) is 11.8 Å². The SMILES string of the molecule is O=C(O)CC[C@@H]1NC(=O)[C@H](Cc2ccc(O)cc2)NC(=O)c2cc(Cl)ccc2OCCNC1=O. The Morgan fingerprint density at radius 2 is 1.76 bits per heavy atom. The van der Waals surface area contributed by atoms with Gasteiger partial charge in [0.25, 0.3) is 5.91 Å². The molecule has 0 bridgehead atoms. The number of nitrogens with one attached hydrogen (secondary N) is 3. The molecule has 11 heteroatoms. The highest BCUT2D eigenvalue weighted by Gasteiger charge is 2.29. The highest BCUT2D eigenvalue weighted by molar-refractivity contribution is 6.31. The summed E-state index contributed by atoms with van der Waals surface area (Å²) < 4.78 is 5.64. The second-order valence-corrected chi connectivity index (χ2v) is 8.11. The van der Waals surface area contributed by atoms with Crippen molar-refractivity contribution in [2.45, 2.75) is 31.3 Å². The summed E-state index contributed by atoms with van der Waals surface area (Å²) in [6.07, 6.45) is -0.431. The van der Waals surface area contributed by atoms with E-state index in [0.29, 0.717) is 10.6 Å². The van der Waals surface area contributed by atoms with Crippen molar-refractivity contribution in [3.63, 3.8) is 0 Å². The van der Waals surface area contributed by atoms with E-state index < -0.39 is 35.8 Å². The van der Waals surface area contributed by atoms with Crippen LogP contribution in [0.1, 0.15) is 28.8 Å². The summed E-state index contributed by atoms with van der Waals surface area (Å²) in [5.74, 6) is -2.70. The van der Waals surface area contributed by atoms with Gasteiger partial charge in [-0.2, -0.15) is 0 Å². The number of carboxylic acid groups (broad SMARTS) is 1. The van der Waals surface area contributed by atoms with E-state index in [1.807, 2.05) is 0 Å². The monoisotopic (exact) mass is 489 g/mol. The Morgan fingerprint density at radius 1 is 1.03 bits per heavy atom. The quantitative estimate of drug-likeness (QED) is 0.423. The number of phenolic OH excluding ortho intramolecular Hbond substituents is 1. The third-order valence-corrected chi connectivity index (χ3v) is 5.36. The number of fused-ring (bicyclic) bond motifs is 1. The molecule has 0 aliphatic carbocycles. The van der Waals surface area contributed by atoms with Gasteiger partial charge in [-0.1, -0.05) is 23.7 Å². The van der Waals surface area contributed by atoms with Gasteiger partial charge in [0.1, 0.15) is 30.2 Å². The Kier molecular flexibility index (Phi) is 8.31. The van der Waals surface area contributed by atoms with Gasteiger partial charge in [0.15, 0.2) is 0 Å². The number of benzene rings is 2. The molecule has 2 aromatic carbocycles. The lowest BCUT2D eigenvalue weighted by molar-refractivity contribution is -0.138. The molecule has 0 saturated heterocycles. The van der Waals surface area contributed by atoms with Crippen molar-refractivity contribution >= 4 is 35.3 Å². The van der Waals surface area contributed by atoms with Gasteiger partial charge < -0.3 is 30.9 Å². The molecule has 0 saturated carbocycles. The van der Waals surface area contributed by atoms with Crippen molar-refractivity contribution < 1.29 is 34.1 Å². The lowest BCUT2D eigenvalue weighted by Crippen LogP contribution is -2.54. The summed E-state index contributed by atoms with van der Waals surface area (Å²) in [5.41, 5.74) is 0.751. The lowest BCUT2D eigenvalue weighted by Gasteiger charge is -2.23. The number of aliphatic carboxylic acids is 1. The molecule has 2 atom stereocenters. The van der Waals surface area contributed by atoms with Crippen LogP contribution in [0.15, 0.2) is 42.5 Å². The van der Waals surface area contributed by atoms with Crippen molar-refractivity contribution in [3.05, 3.63) is 58.6 Å². The number of carbonyl (C=O) groups excluding carboxylic acids is 3. The number of hydrogen-bond donors (Lipinski definition) is 5. The summed E-state index contributed by atoms with van der Waals surface area (Å²) in [7, 11) is 0. The van der Waals surface area contributed by atoms with Gasteiger partial charge in [0, 0.05) is 17.9 Å². The molecule has 3 rings (SSSR count). The molecule has 0 aromatic heterocycles.